The molecule has 5 nitrogen and oxygen atoms in total. The Kier molecular flexibility index (Phi) is 4.02. The Morgan fingerprint density at radius 2 is 2.25 bits per heavy atom. The predicted molar refractivity (Wildman–Crippen MR) is 89.4 cm³/mol. The number of hydrogen-bond acceptors (Lipinski definition) is 4. The fourth-order valence-corrected chi connectivity index (χ4v) is 3.78. The lowest BCUT2D eigenvalue weighted by molar-refractivity contribution is 0.257. The molecule has 0 bridgehead atoms. The molecule has 0 spiro atoms. The maximum Gasteiger partial charge on any atom is 0.165 e. The van der Waals surface area contributed by atoms with E-state index in [-0.39, 0.29) is 11.9 Å². The van der Waals surface area contributed by atoms with E-state index in [9.17, 15) is 4.39 Å². The van der Waals surface area contributed by atoms with Crippen molar-refractivity contribution in [3.8, 4) is 5.75 Å². The molecule has 0 fully saturated rings. The van der Waals surface area contributed by atoms with Gasteiger partial charge in [0.05, 0.1) is 25.5 Å². The lowest BCUT2D eigenvalue weighted by atomic mass is 10.1. The van der Waals surface area contributed by atoms with Crippen LogP contribution in [0.3, 0.4) is 0 Å². The number of halogens is 1. The number of hydrogen-bond donors (Lipinski definition) is 1. The van der Waals surface area contributed by atoms with Crippen molar-refractivity contribution in [3.63, 3.8) is 0 Å². The van der Waals surface area contributed by atoms with Crippen LogP contribution >= 0.6 is 0 Å². The second kappa shape index (κ2) is 6.18. The highest BCUT2D eigenvalue weighted by Crippen LogP contribution is 2.35. The fourth-order valence-electron chi connectivity index (χ4n) is 3.78. The number of nitrogens with zero attached hydrogens (tertiary/aromatic N) is 3. The summed E-state index contributed by atoms with van der Waals surface area (Å²) in [4.78, 5) is 2.31. The van der Waals surface area contributed by atoms with Gasteiger partial charge in [-0.1, -0.05) is 0 Å². The van der Waals surface area contributed by atoms with Crippen LogP contribution in [0.15, 0.2) is 18.3 Å². The van der Waals surface area contributed by atoms with Crippen LogP contribution in [0.1, 0.15) is 34.8 Å². The number of methoxy groups -OCH3 is 1. The average Bonchev–Trinajstić information content (AvgIpc) is 3.15. The maximum atomic E-state index is 14.0. The number of likely N-dealkylation sites (N-methyl/N-ethyl adjacent to an activating group) is 1. The first-order valence-corrected chi connectivity index (χ1v) is 8.47. The minimum atomic E-state index is -0.283. The molecule has 1 unspecified atom stereocenters. The number of ether oxygens (including phenoxy) is 1. The van der Waals surface area contributed by atoms with Crippen molar-refractivity contribution < 1.29 is 9.13 Å². The SMILES string of the molecule is COc1cc2c(cc1F)C(NCc1cnn3c1CN(C)CC3)CC2. The molecule has 1 aromatic carbocycles. The quantitative estimate of drug-likeness (QED) is 0.934. The zero-order valence-electron chi connectivity index (χ0n) is 14.2. The molecule has 2 aromatic rings. The van der Waals surface area contributed by atoms with E-state index < -0.39 is 0 Å². The molecule has 128 valence electrons. The van der Waals surface area contributed by atoms with E-state index in [1.165, 1.54) is 23.9 Å². The number of aromatic nitrogens is 2. The van der Waals surface area contributed by atoms with Crippen LogP contribution in [-0.4, -0.2) is 35.4 Å². The Hall–Kier alpha value is -1.92. The smallest absolute Gasteiger partial charge is 0.165 e. The molecule has 1 atom stereocenters. The van der Waals surface area contributed by atoms with Gasteiger partial charge >= 0.3 is 0 Å². The van der Waals surface area contributed by atoms with E-state index in [0.29, 0.717) is 5.75 Å². The van der Waals surface area contributed by atoms with E-state index in [0.717, 1.165) is 44.6 Å². The third kappa shape index (κ3) is 2.70. The first-order chi connectivity index (χ1) is 11.7. The number of fused-ring (bicyclic) bond motifs is 2. The summed E-state index contributed by atoms with van der Waals surface area (Å²) in [6, 6.07) is 3.65. The predicted octanol–water partition coefficient (Wildman–Crippen LogP) is 2.25. The van der Waals surface area contributed by atoms with Crippen LogP contribution in [0.25, 0.3) is 0 Å². The third-order valence-electron chi connectivity index (χ3n) is 5.18. The lowest BCUT2D eigenvalue weighted by Gasteiger charge is -2.24. The zero-order chi connectivity index (χ0) is 16.7. The zero-order valence-corrected chi connectivity index (χ0v) is 14.2. The van der Waals surface area contributed by atoms with Gasteiger partial charge in [-0.3, -0.25) is 9.58 Å². The number of rotatable bonds is 4. The summed E-state index contributed by atoms with van der Waals surface area (Å²) in [5.74, 6) is 0.0534. The van der Waals surface area contributed by atoms with Gasteiger partial charge in [-0.25, -0.2) is 4.39 Å². The van der Waals surface area contributed by atoms with Crippen molar-refractivity contribution >= 4 is 0 Å². The molecule has 4 rings (SSSR count). The van der Waals surface area contributed by atoms with Gasteiger partial charge in [-0.05, 0) is 43.1 Å². The summed E-state index contributed by atoms with van der Waals surface area (Å²) in [6.45, 7) is 3.69. The summed E-state index contributed by atoms with van der Waals surface area (Å²) in [6.07, 6.45) is 3.91. The van der Waals surface area contributed by atoms with Crippen LogP contribution in [0.4, 0.5) is 4.39 Å². The third-order valence-corrected chi connectivity index (χ3v) is 5.18. The molecule has 6 heteroatoms. The number of aryl methyl sites for hydroxylation is 1. The van der Waals surface area contributed by atoms with Gasteiger partial charge < -0.3 is 10.1 Å². The van der Waals surface area contributed by atoms with Crippen molar-refractivity contribution in [2.24, 2.45) is 0 Å². The summed E-state index contributed by atoms with van der Waals surface area (Å²) in [5.41, 5.74) is 4.77. The van der Waals surface area contributed by atoms with E-state index in [1.807, 2.05) is 12.3 Å². The highest BCUT2D eigenvalue weighted by atomic mass is 19.1. The number of nitrogens with one attached hydrogen (secondary N) is 1. The maximum absolute atomic E-state index is 14.0. The lowest BCUT2D eigenvalue weighted by Crippen LogP contribution is -2.31. The second-order valence-corrected chi connectivity index (χ2v) is 6.74. The molecule has 1 N–H and O–H groups in total. The standard InChI is InChI=1S/C18H23FN4O/c1-22-5-6-23-17(11-22)13(10-21-23)9-20-16-4-3-12-7-18(24-2)15(19)8-14(12)16/h7-8,10,16,20H,3-6,9,11H2,1-2H3. The van der Waals surface area contributed by atoms with E-state index >= 15 is 0 Å². The molecular formula is C18H23FN4O. The fraction of sp³-hybridized carbons (Fsp3) is 0.500. The van der Waals surface area contributed by atoms with Gasteiger partial charge in [-0.2, -0.15) is 5.10 Å². The van der Waals surface area contributed by atoms with Crippen molar-refractivity contribution in [2.75, 3.05) is 20.7 Å². The van der Waals surface area contributed by atoms with Crippen molar-refractivity contribution in [1.29, 1.82) is 0 Å². The first kappa shape index (κ1) is 15.6. The van der Waals surface area contributed by atoms with Crippen molar-refractivity contribution in [2.45, 2.75) is 38.5 Å². The Balaban J connectivity index is 1.49. The Morgan fingerprint density at radius 1 is 1.38 bits per heavy atom. The Labute approximate surface area is 141 Å². The average molecular weight is 330 g/mol. The van der Waals surface area contributed by atoms with E-state index in [4.69, 9.17) is 4.74 Å². The molecule has 0 amide bonds. The van der Waals surface area contributed by atoms with Gasteiger partial charge in [0.1, 0.15) is 0 Å². The normalized spacial score (nSPS) is 20.0. The van der Waals surface area contributed by atoms with Gasteiger partial charge in [0.15, 0.2) is 11.6 Å². The van der Waals surface area contributed by atoms with Crippen molar-refractivity contribution in [3.05, 3.63) is 46.5 Å². The molecule has 2 aliphatic rings. The van der Waals surface area contributed by atoms with Crippen LogP contribution in [-0.2, 0) is 26.1 Å². The molecule has 1 aromatic heterocycles. The second-order valence-electron chi connectivity index (χ2n) is 6.74. The number of benzene rings is 1. The van der Waals surface area contributed by atoms with Gasteiger partial charge in [0.25, 0.3) is 0 Å². The van der Waals surface area contributed by atoms with Crippen LogP contribution < -0.4 is 10.1 Å². The minimum Gasteiger partial charge on any atom is -0.494 e. The molecule has 24 heavy (non-hydrogen) atoms. The molecule has 1 aliphatic carbocycles. The van der Waals surface area contributed by atoms with Gasteiger partial charge in [0.2, 0.25) is 0 Å². The summed E-state index contributed by atoms with van der Waals surface area (Å²) in [5, 5.41) is 8.08. The Bertz CT molecular complexity index is 758. The van der Waals surface area contributed by atoms with Gasteiger partial charge in [0, 0.05) is 31.2 Å². The largest absolute Gasteiger partial charge is 0.494 e. The van der Waals surface area contributed by atoms with Crippen LogP contribution in [0.5, 0.6) is 5.75 Å². The highest BCUT2D eigenvalue weighted by Gasteiger charge is 2.25. The van der Waals surface area contributed by atoms with Crippen LogP contribution in [0, 0.1) is 5.82 Å². The highest BCUT2D eigenvalue weighted by molar-refractivity contribution is 5.41. The summed E-state index contributed by atoms with van der Waals surface area (Å²) < 4.78 is 21.2. The van der Waals surface area contributed by atoms with Crippen LogP contribution in [0.2, 0.25) is 0 Å². The first-order valence-electron chi connectivity index (χ1n) is 8.47. The molecule has 2 heterocycles. The minimum absolute atomic E-state index is 0.192. The molecule has 1 aliphatic heterocycles. The molecular weight excluding hydrogens is 307 g/mol. The van der Waals surface area contributed by atoms with E-state index in [2.05, 4.69) is 27.0 Å². The van der Waals surface area contributed by atoms with Crippen molar-refractivity contribution in [1.82, 2.24) is 20.0 Å². The molecule has 0 saturated carbocycles. The molecule has 0 radical (unpaired) electrons. The molecule has 0 saturated heterocycles. The summed E-state index contributed by atoms with van der Waals surface area (Å²) in [7, 11) is 3.65. The van der Waals surface area contributed by atoms with Gasteiger partial charge in [-0.15, -0.1) is 0 Å². The topological polar surface area (TPSA) is 42.3 Å². The monoisotopic (exact) mass is 330 g/mol. The Morgan fingerprint density at radius 3 is 3.08 bits per heavy atom. The van der Waals surface area contributed by atoms with E-state index in [1.54, 1.807) is 6.07 Å². The summed E-state index contributed by atoms with van der Waals surface area (Å²) >= 11 is 0.